The summed E-state index contributed by atoms with van der Waals surface area (Å²) in [4.78, 5) is 22.5. The Balaban J connectivity index is 2.02. The average molecular weight is 246 g/mol. The Hall–Kier alpha value is -0.750. The van der Waals surface area contributed by atoms with E-state index in [1.54, 1.807) is 18.7 Å². The van der Waals surface area contributed by atoms with Crippen molar-refractivity contribution in [3.8, 4) is 0 Å². The lowest BCUT2D eigenvalue weighted by atomic mass is 10.3. The van der Waals surface area contributed by atoms with Gasteiger partial charge < -0.3 is 10.1 Å². The number of esters is 1. The monoisotopic (exact) mass is 246 g/mol. The molecule has 1 aliphatic rings. The Morgan fingerprint density at radius 3 is 3.00 bits per heavy atom. The fourth-order valence-electron chi connectivity index (χ4n) is 1.36. The van der Waals surface area contributed by atoms with Gasteiger partial charge in [-0.05, 0) is 13.3 Å². The van der Waals surface area contributed by atoms with Crippen molar-refractivity contribution in [2.75, 3.05) is 24.8 Å². The van der Waals surface area contributed by atoms with Crippen LogP contribution in [0.2, 0.25) is 0 Å². The van der Waals surface area contributed by atoms with Crippen molar-refractivity contribution in [3.63, 3.8) is 0 Å². The Bertz CT molecular complexity index is 242. The maximum Gasteiger partial charge on any atom is 0.305 e. The second-order valence-corrected chi connectivity index (χ2v) is 4.50. The van der Waals surface area contributed by atoms with Gasteiger partial charge in [0.2, 0.25) is 5.91 Å². The topological polar surface area (TPSA) is 67.4 Å². The molecule has 0 radical (unpaired) electrons. The van der Waals surface area contributed by atoms with Gasteiger partial charge in [0, 0.05) is 24.6 Å². The normalized spacial score (nSPS) is 19.4. The van der Waals surface area contributed by atoms with E-state index in [0.29, 0.717) is 26.0 Å². The molecule has 0 aliphatic carbocycles. The maximum absolute atomic E-state index is 11.5. The van der Waals surface area contributed by atoms with E-state index in [1.807, 2.05) is 0 Å². The van der Waals surface area contributed by atoms with Crippen LogP contribution >= 0.6 is 11.8 Å². The number of hydrogen-bond donors (Lipinski definition) is 2. The lowest BCUT2D eigenvalue weighted by molar-refractivity contribution is -0.143. The Labute approximate surface area is 99.7 Å². The lowest BCUT2D eigenvalue weighted by Gasteiger charge is -2.09. The summed E-state index contributed by atoms with van der Waals surface area (Å²) in [6.45, 7) is 2.72. The van der Waals surface area contributed by atoms with Crippen molar-refractivity contribution in [1.82, 2.24) is 10.6 Å². The van der Waals surface area contributed by atoms with E-state index in [1.165, 1.54) is 0 Å². The molecule has 1 saturated heterocycles. The van der Waals surface area contributed by atoms with E-state index >= 15 is 0 Å². The first-order valence-electron chi connectivity index (χ1n) is 5.48. The molecule has 1 atom stereocenters. The van der Waals surface area contributed by atoms with Gasteiger partial charge in [-0.15, -0.1) is 11.8 Å². The predicted molar refractivity (Wildman–Crippen MR) is 63.1 cm³/mol. The minimum Gasteiger partial charge on any atom is -0.466 e. The number of ether oxygens (including phenoxy) is 1. The minimum atomic E-state index is -0.203. The molecule has 1 heterocycles. The summed E-state index contributed by atoms with van der Waals surface area (Å²) < 4.78 is 4.78. The summed E-state index contributed by atoms with van der Waals surface area (Å²) in [5.41, 5.74) is 0. The molecule has 0 aromatic heterocycles. The fraction of sp³-hybridized carbons (Fsp3) is 0.800. The number of carbonyl (C=O) groups excluding carboxylic acids is 2. The van der Waals surface area contributed by atoms with Crippen molar-refractivity contribution in [1.29, 1.82) is 0 Å². The Morgan fingerprint density at radius 1 is 1.56 bits per heavy atom. The number of rotatable bonds is 6. The van der Waals surface area contributed by atoms with Gasteiger partial charge in [0.25, 0.3) is 0 Å². The van der Waals surface area contributed by atoms with Crippen molar-refractivity contribution in [3.05, 3.63) is 0 Å². The molecular weight excluding hydrogens is 228 g/mol. The zero-order valence-corrected chi connectivity index (χ0v) is 10.3. The van der Waals surface area contributed by atoms with Crippen LogP contribution in [0.5, 0.6) is 0 Å². The van der Waals surface area contributed by atoms with E-state index in [4.69, 9.17) is 4.74 Å². The van der Waals surface area contributed by atoms with Gasteiger partial charge in [-0.1, -0.05) is 0 Å². The van der Waals surface area contributed by atoms with Crippen LogP contribution in [0.1, 0.15) is 19.8 Å². The molecule has 1 aliphatic heterocycles. The van der Waals surface area contributed by atoms with Crippen LogP contribution in [0.3, 0.4) is 0 Å². The van der Waals surface area contributed by atoms with Crippen LogP contribution < -0.4 is 10.6 Å². The van der Waals surface area contributed by atoms with Crippen molar-refractivity contribution in [2.45, 2.75) is 25.8 Å². The lowest BCUT2D eigenvalue weighted by Crippen LogP contribution is -2.42. The van der Waals surface area contributed by atoms with Gasteiger partial charge in [0.15, 0.2) is 0 Å². The third kappa shape index (κ3) is 4.85. The molecule has 1 amide bonds. The number of carbonyl (C=O) groups is 2. The van der Waals surface area contributed by atoms with E-state index in [2.05, 4.69) is 10.6 Å². The number of amides is 1. The number of thioether (sulfide) groups is 1. The van der Waals surface area contributed by atoms with Gasteiger partial charge in [-0.3, -0.25) is 14.9 Å². The highest BCUT2D eigenvalue weighted by molar-refractivity contribution is 7.99. The zero-order valence-electron chi connectivity index (χ0n) is 9.45. The molecule has 92 valence electrons. The molecule has 0 aromatic carbocycles. The molecule has 1 fully saturated rings. The Morgan fingerprint density at radius 2 is 2.38 bits per heavy atom. The number of nitrogens with one attached hydrogen (secondary N) is 2. The van der Waals surface area contributed by atoms with Gasteiger partial charge >= 0.3 is 5.97 Å². The van der Waals surface area contributed by atoms with E-state index in [-0.39, 0.29) is 17.9 Å². The van der Waals surface area contributed by atoms with E-state index < -0.39 is 0 Å². The summed E-state index contributed by atoms with van der Waals surface area (Å²) in [6, 6.07) is -0.0763. The Kier molecular flexibility index (Phi) is 6.25. The highest BCUT2D eigenvalue weighted by Gasteiger charge is 2.21. The molecule has 0 bridgehead atoms. The van der Waals surface area contributed by atoms with Crippen molar-refractivity contribution in [2.24, 2.45) is 0 Å². The van der Waals surface area contributed by atoms with Crippen LogP contribution in [-0.2, 0) is 14.3 Å². The highest BCUT2D eigenvalue weighted by atomic mass is 32.2. The molecule has 5 nitrogen and oxygen atoms in total. The molecule has 2 N–H and O–H groups in total. The maximum atomic E-state index is 11.5. The van der Waals surface area contributed by atoms with Gasteiger partial charge in [0.05, 0.1) is 12.6 Å². The summed E-state index contributed by atoms with van der Waals surface area (Å²) in [6.07, 6.45) is 0.991. The van der Waals surface area contributed by atoms with E-state index in [9.17, 15) is 9.59 Å². The summed E-state index contributed by atoms with van der Waals surface area (Å²) in [5, 5.41) is 5.89. The quantitative estimate of drug-likeness (QED) is 0.514. The zero-order chi connectivity index (χ0) is 11.8. The summed E-state index contributed by atoms with van der Waals surface area (Å²) >= 11 is 1.72. The summed E-state index contributed by atoms with van der Waals surface area (Å²) in [7, 11) is 0. The first-order valence-corrected chi connectivity index (χ1v) is 6.64. The van der Waals surface area contributed by atoms with Gasteiger partial charge in [-0.25, -0.2) is 0 Å². The predicted octanol–water partition coefficient (Wildman–Crippen LogP) is 0.108. The second-order valence-electron chi connectivity index (χ2n) is 3.47. The first kappa shape index (κ1) is 13.3. The van der Waals surface area contributed by atoms with Crippen molar-refractivity contribution < 1.29 is 14.3 Å². The fourth-order valence-corrected chi connectivity index (χ4v) is 2.31. The summed E-state index contributed by atoms with van der Waals surface area (Å²) in [5.74, 6) is 1.48. The van der Waals surface area contributed by atoms with Crippen molar-refractivity contribution >= 4 is 23.6 Å². The third-order valence-electron chi connectivity index (χ3n) is 2.20. The molecular formula is C10H18N2O3S. The molecule has 0 spiro atoms. The van der Waals surface area contributed by atoms with Crippen LogP contribution in [0.4, 0.5) is 0 Å². The SMILES string of the molecule is CCOC(=O)CCCNC(=O)C1CSCN1. The second kappa shape index (κ2) is 7.51. The average Bonchev–Trinajstić information content (AvgIpc) is 2.78. The number of hydrogen-bond acceptors (Lipinski definition) is 5. The minimum absolute atomic E-state index is 0.0221. The third-order valence-corrected chi connectivity index (χ3v) is 3.13. The largest absolute Gasteiger partial charge is 0.466 e. The van der Waals surface area contributed by atoms with Crippen LogP contribution in [0.15, 0.2) is 0 Å². The molecule has 1 unspecified atom stereocenters. The van der Waals surface area contributed by atoms with Crippen LogP contribution in [-0.4, -0.2) is 42.7 Å². The molecule has 6 heteroatoms. The first-order chi connectivity index (χ1) is 7.74. The molecule has 0 aromatic rings. The molecule has 1 rings (SSSR count). The van der Waals surface area contributed by atoms with E-state index in [0.717, 1.165) is 11.6 Å². The van der Waals surface area contributed by atoms with Gasteiger partial charge in [-0.2, -0.15) is 0 Å². The standard InChI is InChI=1S/C10H18N2O3S/c1-2-15-9(13)4-3-5-11-10(14)8-6-16-7-12-8/h8,12H,2-7H2,1H3,(H,11,14). The van der Waals surface area contributed by atoms with Gasteiger partial charge in [0.1, 0.15) is 0 Å². The highest BCUT2D eigenvalue weighted by Crippen LogP contribution is 2.09. The van der Waals surface area contributed by atoms with Crippen LogP contribution in [0, 0.1) is 0 Å². The van der Waals surface area contributed by atoms with Crippen LogP contribution in [0.25, 0.3) is 0 Å². The molecule has 0 saturated carbocycles. The smallest absolute Gasteiger partial charge is 0.305 e. The molecule has 16 heavy (non-hydrogen) atoms.